The topological polar surface area (TPSA) is 88.4 Å². The van der Waals surface area contributed by atoms with Crippen LogP contribution in [0.15, 0.2) is 41.3 Å². The van der Waals surface area contributed by atoms with Gasteiger partial charge in [-0.05, 0) is 18.6 Å². The number of benzene rings is 1. The molecule has 3 rings (SSSR count). The van der Waals surface area contributed by atoms with Crippen molar-refractivity contribution in [2.24, 2.45) is 0 Å². The minimum absolute atomic E-state index is 0.156. The van der Waals surface area contributed by atoms with E-state index in [9.17, 15) is 9.59 Å². The van der Waals surface area contributed by atoms with Crippen LogP contribution in [-0.4, -0.2) is 36.7 Å². The van der Waals surface area contributed by atoms with Crippen molar-refractivity contribution in [3.05, 3.63) is 63.7 Å². The van der Waals surface area contributed by atoms with Crippen LogP contribution in [0.25, 0.3) is 5.65 Å². The monoisotopic (exact) mass is 384 g/mol. The second kappa shape index (κ2) is 7.99. The lowest BCUT2D eigenvalue weighted by molar-refractivity contribution is 0.0463. The van der Waals surface area contributed by atoms with Crippen LogP contribution < -0.4 is 19.8 Å². The van der Waals surface area contributed by atoms with Crippen molar-refractivity contribution < 1.29 is 23.7 Å². The molecule has 0 unspecified atom stereocenters. The molecule has 0 N–H and O–H groups in total. The number of pyridine rings is 1. The van der Waals surface area contributed by atoms with Gasteiger partial charge in [0.2, 0.25) is 0 Å². The fraction of sp³-hybridized carbons (Fsp3) is 0.250. The standard InChI is InChI=1S/C20H20N2O6/c1-12-6-5-7-22-18(23)8-13(21-19(12)22)11-28-20(24)14-9-16(26-3)17(27-4)10-15(14)25-2/h5-10H,11H2,1-4H3. The average molecular weight is 384 g/mol. The number of ether oxygens (including phenoxy) is 4. The second-order valence-corrected chi connectivity index (χ2v) is 5.95. The van der Waals surface area contributed by atoms with Gasteiger partial charge in [-0.15, -0.1) is 0 Å². The van der Waals surface area contributed by atoms with Crippen molar-refractivity contribution in [1.82, 2.24) is 9.38 Å². The van der Waals surface area contributed by atoms with E-state index in [0.29, 0.717) is 22.8 Å². The summed E-state index contributed by atoms with van der Waals surface area (Å²) in [5.74, 6) is 0.443. The van der Waals surface area contributed by atoms with Crippen molar-refractivity contribution in [2.45, 2.75) is 13.5 Å². The molecule has 0 bridgehead atoms. The SMILES string of the molecule is COc1cc(OC)c(C(=O)OCc2cc(=O)n3cccc(C)c3n2)cc1OC. The Balaban J connectivity index is 1.87. The van der Waals surface area contributed by atoms with Gasteiger partial charge >= 0.3 is 5.97 Å². The van der Waals surface area contributed by atoms with Crippen molar-refractivity contribution in [3.63, 3.8) is 0 Å². The number of hydrogen-bond donors (Lipinski definition) is 0. The number of aryl methyl sites for hydroxylation is 1. The molecule has 146 valence electrons. The maximum absolute atomic E-state index is 12.6. The Kier molecular flexibility index (Phi) is 5.49. The molecule has 0 aliphatic heterocycles. The summed E-state index contributed by atoms with van der Waals surface area (Å²) in [7, 11) is 4.39. The van der Waals surface area contributed by atoms with Gasteiger partial charge in [0, 0.05) is 24.4 Å². The van der Waals surface area contributed by atoms with Crippen LogP contribution in [0, 0.1) is 6.92 Å². The summed E-state index contributed by atoms with van der Waals surface area (Å²) in [4.78, 5) is 29.2. The number of carbonyl (C=O) groups excluding carboxylic acids is 1. The van der Waals surface area contributed by atoms with E-state index in [2.05, 4.69) is 4.98 Å². The normalized spacial score (nSPS) is 10.6. The number of aromatic nitrogens is 2. The molecule has 0 spiro atoms. The third-order valence-electron chi connectivity index (χ3n) is 4.22. The molecule has 0 aliphatic carbocycles. The summed E-state index contributed by atoms with van der Waals surface area (Å²) in [6.07, 6.45) is 1.64. The van der Waals surface area contributed by atoms with Crippen molar-refractivity contribution in [3.8, 4) is 17.2 Å². The Hall–Kier alpha value is -3.55. The number of fused-ring (bicyclic) bond motifs is 1. The summed E-state index contributed by atoms with van der Waals surface area (Å²) in [5, 5.41) is 0. The van der Waals surface area contributed by atoms with E-state index in [4.69, 9.17) is 18.9 Å². The van der Waals surface area contributed by atoms with Crippen LogP contribution in [0.3, 0.4) is 0 Å². The van der Waals surface area contributed by atoms with E-state index in [1.54, 1.807) is 18.3 Å². The van der Waals surface area contributed by atoms with Crippen LogP contribution in [-0.2, 0) is 11.3 Å². The zero-order valence-electron chi connectivity index (χ0n) is 16.0. The summed E-state index contributed by atoms with van der Waals surface area (Å²) in [5.41, 5.74) is 1.64. The lowest BCUT2D eigenvalue weighted by Crippen LogP contribution is -2.17. The number of carbonyl (C=O) groups is 1. The minimum Gasteiger partial charge on any atom is -0.496 e. The van der Waals surface area contributed by atoms with Crippen molar-refractivity contribution >= 4 is 11.6 Å². The highest BCUT2D eigenvalue weighted by molar-refractivity contribution is 5.93. The molecule has 8 heteroatoms. The van der Waals surface area contributed by atoms with Gasteiger partial charge < -0.3 is 18.9 Å². The van der Waals surface area contributed by atoms with Crippen LogP contribution in [0.4, 0.5) is 0 Å². The molecule has 0 amide bonds. The Bertz CT molecular complexity index is 1090. The van der Waals surface area contributed by atoms with Crippen LogP contribution in [0.5, 0.6) is 17.2 Å². The predicted molar refractivity (Wildman–Crippen MR) is 101 cm³/mol. The predicted octanol–water partition coefficient (Wildman–Crippen LogP) is 2.39. The molecule has 0 fully saturated rings. The first-order valence-electron chi connectivity index (χ1n) is 8.43. The lowest BCUT2D eigenvalue weighted by atomic mass is 10.1. The minimum atomic E-state index is -0.635. The quantitative estimate of drug-likeness (QED) is 0.603. The first-order chi connectivity index (χ1) is 13.5. The van der Waals surface area contributed by atoms with E-state index >= 15 is 0 Å². The molecule has 2 heterocycles. The highest BCUT2D eigenvalue weighted by Gasteiger charge is 2.19. The van der Waals surface area contributed by atoms with Gasteiger partial charge in [-0.1, -0.05) is 6.07 Å². The van der Waals surface area contributed by atoms with E-state index < -0.39 is 5.97 Å². The molecule has 0 aliphatic rings. The number of methoxy groups -OCH3 is 3. The Labute approximate surface area is 161 Å². The van der Waals surface area contributed by atoms with Gasteiger partial charge in [-0.25, -0.2) is 9.78 Å². The molecule has 0 atom stereocenters. The first-order valence-corrected chi connectivity index (χ1v) is 8.43. The summed E-state index contributed by atoms with van der Waals surface area (Å²) < 4.78 is 22.5. The van der Waals surface area contributed by atoms with E-state index in [-0.39, 0.29) is 23.5 Å². The number of rotatable bonds is 6. The van der Waals surface area contributed by atoms with Gasteiger partial charge in [0.25, 0.3) is 5.56 Å². The highest BCUT2D eigenvalue weighted by atomic mass is 16.5. The summed E-state index contributed by atoms with van der Waals surface area (Å²) in [6, 6.07) is 7.98. The Morgan fingerprint density at radius 2 is 1.71 bits per heavy atom. The highest BCUT2D eigenvalue weighted by Crippen LogP contribution is 2.35. The number of esters is 1. The van der Waals surface area contributed by atoms with Crippen molar-refractivity contribution in [1.29, 1.82) is 0 Å². The van der Waals surface area contributed by atoms with Crippen LogP contribution in [0.2, 0.25) is 0 Å². The molecular formula is C20H20N2O6. The lowest BCUT2D eigenvalue weighted by Gasteiger charge is -2.13. The van der Waals surface area contributed by atoms with Gasteiger partial charge in [-0.2, -0.15) is 0 Å². The first kappa shape index (κ1) is 19.2. The molecule has 3 aromatic rings. The Morgan fingerprint density at radius 3 is 2.39 bits per heavy atom. The third kappa shape index (κ3) is 3.62. The summed E-state index contributed by atoms with van der Waals surface area (Å²) in [6.45, 7) is 1.70. The molecule has 0 saturated carbocycles. The summed E-state index contributed by atoms with van der Waals surface area (Å²) >= 11 is 0. The second-order valence-electron chi connectivity index (χ2n) is 5.95. The van der Waals surface area contributed by atoms with Gasteiger partial charge in [0.15, 0.2) is 11.5 Å². The maximum atomic E-state index is 12.6. The Morgan fingerprint density at radius 1 is 1.04 bits per heavy atom. The van der Waals surface area contributed by atoms with Crippen molar-refractivity contribution in [2.75, 3.05) is 21.3 Å². The van der Waals surface area contributed by atoms with Crippen LogP contribution in [0.1, 0.15) is 21.6 Å². The zero-order valence-corrected chi connectivity index (χ0v) is 16.0. The smallest absolute Gasteiger partial charge is 0.342 e. The molecule has 28 heavy (non-hydrogen) atoms. The van der Waals surface area contributed by atoms with Crippen LogP contribution >= 0.6 is 0 Å². The maximum Gasteiger partial charge on any atom is 0.342 e. The molecule has 8 nitrogen and oxygen atoms in total. The number of hydrogen-bond acceptors (Lipinski definition) is 7. The number of nitrogens with zero attached hydrogens (tertiary/aromatic N) is 2. The molecule has 0 radical (unpaired) electrons. The third-order valence-corrected chi connectivity index (χ3v) is 4.22. The van der Waals surface area contributed by atoms with Gasteiger partial charge in [0.1, 0.15) is 23.6 Å². The largest absolute Gasteiger partial charge is 0.496 e. The average Bonchev–Trinajstić information content (AvgIpc) is 2.71. The fourth-order valence-corrected chi connectivity index (χ4v) is 2.79. The molecule has 2 aromatic heterocycles. The molecule has 0 saturated heterocycles. The van der Waals surface area contributed by atoms with Gasteiger partial charge in [-0.3, -0.25) is 9.20 Å². The van der Waals surface area contributed by atoms with E-state index in [0.717, 1.165) is 5.56 Å². The molecule has 1 aromatic carbocycles. The van der Waals surface area contributed by atoms with E-state index in [1.165, 1.54) is 37.9 Å². The van der Waals surface area contributed by atoms with E-state index in [1.807, 2.05) is 13.0 Å². The zero-order chi connectivity index (χ0) is 20.3. The fourth-order valence-electron chi connectivity index (χ4n) is 2.79. The van der Waals surface area contributed by atoms with Gasteiger partial charge in [0.05, 0.1) is 27.0 Å². The molecular weight excluding hydrogens is 364 g/mol.